The first-order valence-corrected chi connectivity index (χ1v) is 4.43. The van der Waals surface area contributed by atoms with Crippen LogP contribution in [0.25, 0.3) is 0 Å². The Labute approximate surface area is 87.0 Å². The van der Waals surface area contributed by atoms with Crippen molar-refractivity contribution in [1.29, 1.82) is 5.26 Å². The summed E-state index contributed by atoms with van der Waals surface area (Å²) < 4.78 is 5.31. The van der Waals surface area contributed by atoms with Crippen molar-refractivity contribution >= 4 is 11.5 Å². The molecule has 2 rings (SSSR count). The van der Waals surface area contributed by atoms with Gasteiger partial charge in [0.2, 0.25) is 5.88 Å². The lowest BCUT2D eigenvalue weighted by molar-refractivity contribution is 0.335. The standard InChI is InChI=1S/C10H10N4O/c1-2-5-4-15-10-7(5)8(12)6(3-11)9(13)14-10/h2,5H,1,4H2,(H4,12,13,14). The largest absolute Gasteiger partial charge is 0.476 e. The molecule has 76 valence electrons. The Morgan fingerprint density at radius 3 is 2.93 bits per heavy atom. The predicted molar refractivity (Wildman–Crippen MR) is 56.2 cm³/mol. The molecular weight excluding hydrogens is 192 g/mol. The van der Waals surface area contributed by atoms with E-state index in [1.54, 1.807) is 6.08 Å². The minimum Gasteiger partial charge on any atom is -0.476 e. The number of hydrogen-bond donors (Lipinski definition) is 2. The van der Waals surface area contributed by atoms with Crippen LogP contribution in [-0.2, 0) is 0 Å². The molecule has 5 heteroatoms. The summed E-state index contributed by atoms with van der Waals surface area (Å²) in [6.07, 6.45) is 1.72. The molecule has 1 atom stereocenters. The van der Waals surface area contributed by atoms with Gasteiger partial charge in [-0.3, -0.25) is 0 Å². The highest BCUT2D eigenvalue weighted by Gasteiger charge is 2.28. The van der Waals surface area contributed by atoms with E-state index in [9.17, 15) is 0 Å². The summed E-state index contributed by atoms with van der Waals surface area (Å²) in [6, 6.07) is 1.94. The van der Waals surface area contributed by atoms with Crippen molar-refractivity contribution in [2.24, 2.45) is 0 Å². The van der Waals surface area contributed by atoms with E-state index < -0.39 is 0 Å². The average Bonchev–Trinajstić information content (AvgIpc) is 2.61. The van der Waals surface area contributed by atoms with Crippen molar-refractivity contribution in [3.63, 3.8) is 0 Å². The molecule has 15 heavy (non-hydrogen) atoms. The van der Waals surface area contributed by atoms with Gasteiger partial charge in [0.1, 0.15) is 24.1 Å². The molecule has 0 amide bonds. The van der Waals surface area contributed by atoms with Crippen LogP contribution >= 0.6 is 0 Å². The molecule has 1 aromatic rings. The van der Waals surface area contributed by atoms with Crippen molar-refractivity contribution in [3.8, 4) is 11.9 Å². The molecule has 2 heterocycles. The summed E-state index contributed by atoms with van der Waals surface area (Å²) in [4.78, 5) is 3.99. The van der Waals surface area contributed by atoms with E-state index in [1.165, 1.54) is 0 Å². The first-order chi connectivity index (χ1) is 7.19. The van der Waals surface area contributed by atoms with Crippen LogP contribution in [0.1, 0.15) is 17.0 Å². The van der Waals surface area contributed by atoms with Gasteiger partial charge in [-0.05, 0) is 0 Å². The average molecular weight is 202 g/mol. The highest BCUT2D eigenvalue weighted by Crippen LogP contribution is 2.40. The minimum absolute atomic E-state index is 0.0137. The fourth-order valence-electron chi connectivity index (χ4n) is 1.64. The number of nitrogens with zero attached hydrogens (tertiary/aromatic N) is 2. The van der Waals surface area contributed by atoms with Crippen LogP contribution in [-0.4, -0.2) is 11.6 Å². The van der Waals surface area contributed by atoms with Crippen molar-refractivity contribution in [2.45, 2.75) is 5.92 Å². The molecule has 5 nitrogen and oxygen atoms in total. The summed E-state index contributed by atoms with van der Waals surface area (Å²) in [5.74, 6) is 0.507. The Bertz CT molecular complexity index is 475. The van der Waals surface area contributed by atoms with E-state index in [2.05, 4.69) is 11.6 Å². The Kier molecular flexibility index (Phi) is 1.97. The highest BCUT2D eigenvalue weighted by molar-refractivity contribution is 5.72. The third-order valence-corrected chi connectivity index (χ3v) is 2.43. The van der Waals surface area contributed by atoms with E-state index in [0.29, 0.717) is 18.2 Å². The third kappa shape index (κ3) is 1.19. The molecule has 1 unspecified atom stereocenters. The summed E-state index contributed by atoms with van der Waals surface area (Å²) in [5.41, 5.74) is 12.7. The van der Waals surface area contributed by atoms with Gasteiger partial charge in [0.05, 0.1) is 5.69 Å². The maximum Gasteiger partial charge on any atom is 0.221 e. The topological polar surface area (TPSA) is 98.0 Å². The van der Waals surface area contributed by atoms with Gasteiger partial charge in [-0.15, -0.1) is 6.58 Å². The zero-order valence-corrected chi connectivity index (χ0v) is 8.03. The van der Waals surface area contributed by atoms with Gasteiger partial charge in [-0.25, -0.2) is 0 Å². The lowest BCUT2D eigenvalue weighted by atomic mass is 9.99. The fourth-order valence-corrected chi connectivity index (χ4v) is 1.64. The number of nitrogens with two attached hydrogens (primary N) is 2. The lowest BCUT2D eigenvalue weighted by Gasteiger charge is -2.08. The molecule has 1 aliphatic heterocycles. The molecule has 0 fully saturated rings. The van der Waals surface area contributed by atoms with Crippen LogP contribution in [0.4, 0.5) is 11.5 Å². The normalized spacial score (nSPS) is 17.7. The van der Waals surface area contributed by atoms with E-state index in [4.69, 9.17) is 21.5 Å². The molecule has 1 aromatic heterocycles. The van der Waals surface area contributed by atoms with Crippen LogP contribution < -0.4 is 16.2 Å². The van der Waals surface area contributed by atoms with Crippen LogP contribution in [0, 0.1) is 11.3 Å². The lowest BCUT2D eigenvalue weighted by Crippen LogP contribution is -2.04. The molecule has 0 aliphatic carbocycles. The number of fused-ring (bicyclic) bond motifs is 1. The van der Waals surface area contributed by atoms with Crippen molar-refractivity contribution < 1.29 is 4.74 Å². The second-order valence-electron chi connectivity index (χ2n) is 3.27. The molecule has 0 radical (unpaired) electrons. The van der Waals surface area contributed by atoms with Crippen LogP contribution in [0.15, 0.2) is 12.7 Å². The van der Waals surface area contributed by atoms with Crippen molar-refractivity contribution in [2.75, 3.05) is 18.1 Å². The van der Waals surface area contributed by atoms with Crippen LogP contribution in [0.3, 0.4) is 0 Å². The number of nitriles is 1. The number of hydrogen-bond acceptors (Lipinski definition) is 5. The van der Waals surface area contributed by atoms with Crippen LogP contribution in [0.5, 0.6) is 5.88 Å². The van der Waals surface area contributed by atoms with Gasteiger partial charge in [-0.1, -0.05) is 6.08 Å². The summed E-state index contributed by atoms with van der Waals surface area (Å²) in [6.45, 7) is 4.13. The number of anilines is 2. The number of aromatic nitrogens is 1. The SMILES string of the molecule is C=CC1COc2nc(N)c(C#N)c(N)c21. The van der Waals surface area contributed by atoms with Gasteiger partial charge < -0.3 is 16.2 Å². The van der Waals surface area contributed by atoms with E-state index in [-0.39, 0.29) is 17.3 Å². The first-order valence-electron chi connectivity index (χ1n) is 4.43. The molecular formula is C10H10N4O. The molecule has 0 aromatic carbocycles. The van der Waals surface area contributed by atoms with Gasteiger partial charge in [0, 0.05) is 11.5 Å². The number of ether oxygens (including phenoxy) is 1. The van der Waals surface area contributed by atoms with E-state index in [1.807, 2.05) is 6.07 Å². The molecule has 0 spiro atoms. The Morgan fingerprint density at radius 2 is 2.33 bits per heavy atom. The molecule has 4 N–H and O–H groups in total. The number of rotatable bonds is 1. The predicted octanol–water partition coefficient (Wildman–Crippen LogP) is 0.780. The second kappa shape index (κ2) is 3.17. The van der Waals surface area contributed by atoms with E-state index >= 15 is 0 Å². The Balaban J connectivity index is 2.70. The monoisotopic (exact) mass is 202 g/mol. The Morgan fingerprint density at radius 1 is 1.60 bits per heavy atom. The quantitative estimate of drug-likeness (QED) is 0.656. The summed E-state index contributed by atoms with van der Waals surface area (Å²) in [5, 5.41) is 8.87. The second-order valence-corrected chi connectivity index (χ2v) is 3.27. The third-order valence-electron chi connectivity index (χ3n) is 2.43. The smallest absolute Gasteiger partial charge is 0.221 e. The number of pyridine rings is 1. The van der Waals surface area contributed by atoms with Gasteiger partial charge in [0.15, 0.2) is 0 Å². The minimum atomic E-state index is -0.0137. The summed E-state index contributed by atoms with van der Waals surface area (Å²) >= 11 is 0. The zero-order chi connectivity index (χ0) is 11.0. The maximum atomic E-state index is 8.87. The fraction of sp³-hybridized carbons (Fsp3) is 0.200. The molecule has 1 aliphatic rings. The van der Waals surface area contributed by atoms with Crippen LogP contribution in [0.2, 0.25) is 0 Å². The molecule has 0 saturated carbocycles. The highest BCUT2D eigenvalue weighted by atomic mass is 16.5. The first kappa shape index (κ1) is 9.34. The summed E-state index contributed by atoms with van der Waals surface area (Å²) in [7, 11) is 0. The van der Waals surface area contributed by atoms with Crippen molar-refractivity contribution in [1.82, 2.24) is 4.98 Å². The zero-order valence-electron chi connectivity index (χ0n) is 8.03. The van der Waals surface area contributed by atoms with Gasteiger partial charge >= 0.3 is 0 Å². The molecule has 0 saturated heterocycles. The van der Waals surface area contributed by atoms with Crippen molar-refractivity contribution in [3.05, 3.63) is 23.8 Å². The Hall–Kier alpha value is -2.22. The molecule has 0 bridgehead atoms. The maximum absolute atomic E-state index is 8.87. The number of nitrogen functional groups attached to an aromatic ring is 2. The van der Waals surface area contributed by atoms with E-state index in [0.717, 1.165) is 5.56 Å². The van der Waals surface area contributed by atoms with Gasteiger partial charge in [-0.2, -0.15) is 10.2 Å². The van der Waals surface area contributed by atoms with Gasteiger partial charge in [0.25, 0.3) is 0 Å².